The predicted molar refractivity (Wildman–Crippen MR) is 106 cm³/mol. The largest absolute Gasteiger partial charge is 0.329 e. The molecule has 7 nitrogen and oxygen atoms in total. The van der Waals surface area contributed by atoms with Crippen molar-refractivity contribution in [2.45, 2.75) is 25.9 Å². The van der Waals surface area contributed by atoms with Gasteiger partial charge in [-0.1, -0.05) is 29.3 Å². The first-order valence-corrected chi connectivity index (χ1v) is 9.54. The van der Waals surface area contributed by atoms with Gasteiger partial charge in [0.1, 0.15) is 5.82 Å². The van der Waals surface area contributed by atoms with Crippen molar-refractivity contribution in [2.75, 3.05) is 13.1 Å². The van der Waals surface area contributed by atoms with E-state index in [-0.39, 0.29) is 0 Å². The van der Waals surface area contributed by atoms with E-state index in [2.05, 4.69) is 14.9 Å². The number of aromatic nitrogens is 4. The molecule has 1 N–H and O–H groups in total. The van der Waals surface area contributed by atoms with Crippen molar-refractivity contribution < 1.29 is 0 Å². The van der Waals surface area contributed by atoms with Gasteiger partial charge >= 0.3 is 5.69 Å². The molecular weight excluding hydrogens is 389 g/mol. The lowest BCUT2D eigenvalue weighted by molar-refractivity contribution is 0.318. The highest BCUT2D eigenvalue weighted by atomic mass is 35.5. The lowest BCUT2D eigenvalue weighted by atomic mass is 10.2. The van der Waals surface area contributed by atoms with Crippen LogP contribution in [0.15, 0.2) is 27.8 Å². The zero-order valence-corrected chi connectivity index (χ0v) is 16.3. The number of H-pyrrole nitrogens is 1. The Labute approximate surface area is 165 Å². The molecule has 0 spiro atoms. The molecule has 4 rings (SSSR count). The molecule has 3 heterocycles. The predicted octanol–water partition coefficient (Wildman–Crippen LogP) is 2.37. The van der Waals surface area contributed by atoms with Gasteiger partial charge in [-0.25, -0.2) is 9.78 Å². The second-order valence-corrected chi connectivity index (χ2v) is 7.67. The zero-order chi connectivity index (χ0) is 19.1. The van der Waals surface area contributed by atoms with Gasteiger partial charge in [-0.3, -0.25) is 19.2 Å². The number of imidazole rings is 1. The van der Waals surface area contributed by atoms with Gasteiger partial charge in [0.2, 0.25) is 0 Å². The molecule has 0 aliphatic carbocycles. The number of nitrogens with zero attached hydrogens (tertiary/aromatic N) is 4. The molecule has 0 atom stereocenters. The van der Waals surface area contributed by atoms with Crippen LogP contribution in [0.2, 0.25) is 10.0 Å². The van der Waals surface area contributed by atoms with Crippen molar-refractivity contribution >= 4 is 34.4 Å². The third-order valence-electron chi connectivity index (χ3n) is 4.99. The van der Waals surface area contributed by atoms with Gasteiger partial charge in [-0.15, -0.1) is 0 Å². The van der Waals surface area contributed by atoms with E-state index in [4.69, 9.17) is 23.2 Å². The number of aryl methyl sites for hydroxylation is 1. The molecule has 1 aliphatic rings. The van der Waals surface area contributed by atoms with E-state index in [1.165, 1.54) is 4.57 Å². The summed E-state index contributed by atoms with van der Waals surface area (Å²) in [6.45, 7) is 2.99. The van der Waals surface area contributed by atoms with Gasteiger partial charge in [0, 0.05) is 17.1 Å². The number of fused-ring (bicyclic) bond motifs is 1. The van der Waals surface area contributed by atoms with Crippen LogP contribution in [-0.2, 0) is 20.1 Å². The second-order valence-electron chi connectivity index (χ2n) is 6.82. The van der Waals surface area contributed by atoms with E-state index in [0.29, 0.717) is 34.3 Å². The highest BCUT2D eigenvalue weighted by Crippen LogP contribution is 2.24. The molecule has 1 saturated heterocycles. The Hall–Kier alpha value is -2.09. The van der Waals surface area contributed by atoms with E-state index in [9.17, 15) is 9.59 Å². The summed E-state index contributed by atoms with van der Waals surface area (Å²) >= 11 is 12.3. The first kappa shape index (κ1) is 18.3. The first-order chi connectivity index (χ1) is 12.9. The zero-order valence-electron chi connectivity index (χ0n) is 14.8. The Morgan fingerprint density at radius 3 is 2.59 bits per heavy atom. The Balaban J connectivity index is 1.88. The van der Waals surface area contributed by atoms with Gasteiger partial charge < -0.3 is 4.57 Å². The summed E-state index contributed by atoms with van der Waals surface area (Å²) in [5, 5.41) is 1.08. The molecule has 27 heavy (non-hydrogen) atoms. The fraction of sp³-hybridized carbons (Fsp3) is 0.389. The van der Waals surface area contributed by atoms with Crippen LogP contribution in [0, 0.1) is 0 Å². The summed E-state index contributed by atoms with van der Waals surface area (Å²) in [7, 11) is 1.60. The van der Waals surface area contributed by atoms with Crippen molar-refractivity contribution in [3.63, 3.8) is 0 Å². The van der Waals surface area contributed by atoms with Gasteiger partial charge in [0.05, 0.1) is 13.1 Å². The Morgan fingerprint density at radius 1 is 1.15 bits per heavy atom. The van der Waals surface area contributed by atoms with Crippen molar-refractivity contribution in [3.8, 4) is 0 Å². The first-order valence-electron chi connectivity index (χ1n) is 8.79. The number of benzene rings is 1. The summed E-state index contributed by atoms with van der Waals surface area (Å²) in [6.07, 6.45) is 2.31. The summed E-state index contributed by atoms with van der Waals surface area (Å²) in [5.74, 6) is 0.740. The third kappa shape index (κ3) is 3.42. The highest BCUT2D eigenvalue weighted by molar-refractivity contribution is 6.35. The fourth-order valence-electron chi connectivity index (χ4n) is 3.53. The summed E-state index contributed by atoms with van der Waals surface area (Å²) in [6, 6.07) is 5.28. The number of aromatic amines is 1. The van der Waals surface area contributed by atoms with Gasteiger partial charge in [0.25, 0.3) is 5.56 Å². The second kappa shape index (κ2) is 7.14. The minimum absolute atomic E-state index is 0.372. The topological polar surface area (TPSA) is 75.9 Å². The molecule has 1 aromatic carbocycles. The molecular formula is C18H19Cl2N5O2. The van der Waals surface area contributed by atoms with E-state index in [1.807, 2.05) is 10.6 Å². The highest BCUT2D eigenvalue weighted by Gasteiger charge is 2.21. The maximum absolute atomic E-state index is 12.6. The lowest BCUT2D eigenvalue weighted by Crippen LogP contribution is -2.29. The Bertz CT molecular complexity index is 1130. The van der Waals surface area contributed by atoms with Crippen LogP contribution in [0.5, 0.6) is 0 Å². The maximum Gasteiger partial charge on any atom is 0.329 e. The normalized spacial score (nSPS) is 15.1. The smallest absolute Gasteiger partial charge is 0.316 e. The summed E-state index contributed by atoms with van der Waals surface area (Å²) < 4.78 is 3.21. The van der Waals surface area contributed by atoms with E-state index in [0.717, 1.165) is 37.3 Å². The fourth-order valence-corrected chi connectivity index (χ4v) is 4.00. The van der Waals surface area contributed by atoms with Crippen LogP contribution in [0.1, 0.15) is 24.2 Å². The number of nitrogens with one attached hydrogen (secondary N) is 1. The number of likely N-dealkylation sites (tertiary alicyclic amines) is 1. The van der Waals surface area contributed by atoms with Crippen molar-refractivity contribution in [2.24, 2.45) is 7.05 Å². The van der Waals surface area contributed by atoms with Gasteiger partial charge in [0.15, 0.2) is 11.2 Å². The lowest BCUT2D eigenvalue weighted by Gasteiger charge is -2.16. The van der Waals surface area contributed by atoms with Crippen molar-refractivity contribution in [1.82, 2.24) is 24.0 Å². The minimum atomic E-state index is -0.477. The molecule has 1 aliphatic heterocycles. The summed E-state index contributed by atoms with van der Waals surface area (Å²) in [4.78, 5) is 33.8. The van der Waals surface area contributed by atoms with E-state index < -0.39 is 11.2 Å². The van der Waals surface area contributed by atoms with Crippen LogP contribution in [0.25, 0.3) is 11.2 Å². The SMILES string of the molecule is Cn1c(=O)[nH]c(=O)c2c1nc(CN1CCCC1)n2Cc1ccc(Cl)cc1Cl. The van der Waals surface area contributed by atoms with Crippen LogP contribution in [0.3, 0.4) is 0 Å². The van der Waals surface area contributed by atoms with Crippen molar-refractivity contribution in [1.29, 1.82) is 0 Å². The van der Waals surface area contributed by atoms with Gasteiger partial charge in [-0.2, -0.15) is 0 Å². The molecule has 0 radical (unpaired) electrons. The quantitative estimate of drug-likeness (QED) is 0.719. The van der Waals surface area contributed by atoms with Crippen LogP contribution in [0.4, 0.5) is 0 Å². The number of rotatable bonds is 4. The maximum atomic E-state index is 12.6. The van der Waals surface area contributed by atoms with Crippen molar-refractivity contribution in [3.05, 3.63) is 60.5 Å². The van der Waals surface area contributed by atoms with Crippen LogP contribution >= 0.6 is 23.2 Å². The molecule has 2 aromatic heterocycles. The van der Waals surface area contributed by atoms with E-state index >= 15 is 0 Å². The third-order valence-corrected chi connectivity index (χ3v) is 5.58. The average Bonchev–Trinajstić information content (AvgIpc) is 3.24. The molecule has 3 aromatic rings. The number of halogens is 2. The Kier molecular flexibility index (Phi) is 4.84. The molecule has 0 saturated carbocycles. The van der Waals surface area contributed by atoms with Crippen LogP contribution < -0.4 is 11.2 Å². The monoisotopic (exact) mass is 407 g/mol. The Morgan fingerprint density at radius 2 is 1.89 bits per heavy atom. The van der Waals surface area contributed by atoms with E-state index in [1.54, 1.807) is 19.2 Å². The number of hydrogen-bond acceptors (Lipinski definition) is 4. The molecule has 0 unspecified atom stereocenters. The number of hydrogen-bond donors (Lipinski definition) is 1. The molecule has 0 bridgehead atoms. The molecule has 142 valence electrons. The standard InChI is InChI=1S/C18H19Cl2N5O2/c1-23-16-15(17(26)22-18(23)27)25(9-11-4-5-12(19)8-13(11)20)14(21-16)10-24-6-2-3-7-24/h4-5,8H,2-3,6-7,9-10H2,1H3,(H,22,26,27). The summed E-state index contributed by atoms with van der Waals surface area (Å²) in [5.41, 5.74) is 0.657. The molecule has 0 amide bonds. The molecule has 9 heteroatoms. The molecule has 1 fully saturated rings. The minimum Gasteiger partial charge on any atom is -0.316 e. The average molecular weight is 408 g/mol. The van der Waals surface area contributed by atoms with Gasteiger partial charge in [-0.05, 0) is 43.6 Å². The van der Waals surface area contributed by atoms with Crippen LogP contribution in [-0.4, -0.2) is 37.1 Å².